The van der Waals surface area contributed by atoms with Gasteiger partial charge in [-0.2, -0.15) is 0 Å². The first-order chi connectivity index (χ1) is 12.5. The molecule has 5 heteroatoms. The van der Waals surface area contributed by atoms with E-state index in [1.165, 1.54) is 11.1 Å². The fourth-order valence-electron chi connectivity index (χ4n) is 2.85. The third kappa shape index (κ3) is 7.45. The summed E-state index contributed by atoms with van der Waals surface area (Å²) in [6.45, 7) is 11.8. The molecule has 148 valence electrons. The van der Waals surface area contributed by atoms with Crippen LogP contribution in [0.4, 0.5) is 0 Å². The molecular weight excluding hydrogens is 356 g/mol. The number of hydrogen-bond donors (Lipinski definition) is 2. The van der Waals surface area contributed by atoms with Crippen LogP contribution in [0.25, 0.3) is 0 Å². The van der Waals surface area contributed by atoms with Gasteiger partial charge in [-0.05, 0) is 41.5 Å². The average Bonchev–Trinajstić information content (AvgIpc) is 2.54. The normalized spacial score (nSPS) is 12.5. The highest BCUT2D eigenvalue weighted by Crippen LogP contribution is 2.22. The Labute approximate surface area is 164 Å². The topological polar surface area (TPSA) is 58.2 Å². The average molecular weight is 389 g/mol. The lowest BCUT2D eigenvalue weighted by atomic mass is 9.87. The van der Waals surface area contributed by atoms with E-state index in [9.17, 15) is 8.42 Å². The van der Waals surface area contributed by atoms with Crippen LogP contribution in [0.5, 0.6) is 0 Å². The molecule has 0 saturated carbocycles. The van der Waals surface area contributed by atoms with Gasteiger partial charge in [-0.25, -0.2) is 13.1 Å². The Morgan fingerprint density at radius 2 is 1.26 bits per heavy atom. The highest BCUT2D eigenvalue weighted by Gasteiger charge is 2.13. The van der Waals surface area contributed by atoms with Gasteiger partial charge in [0.05, 0.1) is 5.75 Å². The van der Waals surface area contributed by atoms with Gasteiger partial charge in [-0.3, -0.25) is 0 Å². The van der Waals surface area contributed by atoms with Crippen molar-refractivity contribution in [3.8, 4) is 0 Å². The molecule has 0 saturated heterocycles. The maximum Gasteiger partial charge on any atom is 0.216 e. The first-order valence-corrected chi connectivity index (χ1v) is 11.1. The second-order valence-electron chi connectivity index (χ2n) is 8.40. The molecule has 0 amide bonds. The lowest BCUT2D eigenvalue weighted by Crippen LogP contribution is -2.31. The Kier molecular flexibility index (Phi) is 7.20. The summed E-state index contributed by atoms with van der Waals surface area (Å²) in [6, 6.07) is 16.4. The van der Waals surface area contributed by atoms with E-state index in [1.54, 1.807) is 0 Å². The summed E-state index contributed by atoms with van der Waals surface area (Å²) in [5.74, 6) is 0.0129. The van der Waals surface area contributed by atoms with E-state index in [4.69, 9.17) is 0 Å². The van der Waals surface area contributed by atoms with Crippen LogP contribution in [0, 0.1) is 0 Å². The van der Waals surface area contributed by atoms with Gasteiger partial charge in [-0.15, -0.1) is 0 Å². The number of rotatable bonds is 8. The smallest absolute Gasteiger partial charge is 0.216 e. The number of hydrogen-bond acceptors (Lipinski definition) is 3. The van der Waals surface area contributed by atoms with Gasteiger partial charge in [0.15, 0.2) is 0 Å². The summed E-state index contributed by atoms with van der Waals surface area (Å²) in [7, 11) is -3.28. The second kappa shape index (κ2) is 9.00. The number of benzene rings is 2. The predicted molar refractivity (Wildman–Crippen MR) is 113 cm³/mol. The molecule has 2 N–H and O–H groups in total. The van der Waals surface area contributed by atoms with Gasteiger partial charge in [0, 0.05) is 19.1 Å². The summed E-state index contributed by atoms with van der Waals surface area (Å²) < 4.78 is 26.6. The van der Waals surface area contributed by atoms with Gasteiger partial charge >= 0.3 is 0 Å². The molecular formula is C22H32N2O2S. The van der Waals surface area contributed by atoms with Gasteiger partial charge in [0.1, 0.15) is 0 Å². The van der Waals surface area contributed by atoms with Gasteiger partial charge in [-0.1, -0.05) is 69.3 Å². The standard InChI is InChI=1S/C22H32N2O2S/c1-17(2)24-27(25,26)16-20-8-6-18(7-9-20)14-23-15-19-10-12-21(13-11-19)22(3,4)5/h6-13,17,23-24H,14-16H2,1-5H3. The van der Waals surface area contributed by atoms with Crippen molar-refractivity contribution >= 4 is 10.0 Å². The maximum absolute atomic E-state index is 12.0. The van der Waals surface area contributed by atoms with Crippen molar-refractivity contribution in [2.45, 2.75) is 64.9 Å². The maximum atomic E-state index is 12.0. The van der Waals surface area contributed by atoms with E-state index in [-0.39, 0.29) is 17.2 Å². The van der Waals surface area contributed by atoms with Crippen LogP contribution >= 0.6 is 0 Å². The lowest BCUT2D eigenvalue weighted by Gasteiger charge is -2.19. The Morgan fingerprint density at radius 3 is 1.70 bits per heavy atom. The zero-order chi connectivity index (χ0) is 20.1. The molecule has 0 aliphatic heterocycles. The summed E-state index contributed by atoms with van der Waals surface area (Å²) in [5.41, 5.74) is 4.70. The SMILES string of the molecule is CC(C)NS(=O)(=O)Cc1ccc(CNCc2ccc(C(C)(C)C)cc2)cc1. The molecule has 2 rings (SSSR count). The molecule has 2 aromatic rings. The van der Waals surface area contributed by atoms with E-state index < -0.39 is 10.0 Å². The fourth-order valence-corrected chi connectivity index (χ4v) is 4.28. The summed E-state index contributed by atoms with van der Waals surface area (Å²) in [4.78, 5) is 0. The van der Waals surface area contributed by atoms with Crippen molar-refractivity contribution in [3.05, 3.63) is 70.8 Å². The Hall–Kier alpha value is -1.69. The molecule has 0 aliphatic rings. The molecule has 0 aromatic heterocycles. The molecule has 0 atom stereocenters. The zero-order valence-electron chi connectivity index (χ0n) is 17.0. The van der Waals surface area contributed by atoms with Crippen LogP contribution in [0.15, 0.2) is 48.5 Å². The molecule has 0 fully saturated rings. The monoisotopic (exact) mass is 388 g/mol. The minimum absolute atomic E-state index is 0.0129. The first kappa shape index (κ1) is 21.6. The van der Waals surface area contributed by atoms with Gasteiger partial charge in [0.25, 0.3) is 0 Å². The van der Waals surface area contributed by atoms with E-state index in [0.29, 0.717) is 0 Å². The van der Waals surface area contributed by atoms with Crippen LogP contribution in [-0.4, -0.2) is 14.5 Å². The van der Waals surface area contributed by atoms with Gasteiger partial charge < -0.3 is 5.32 Å². The number of nitrogens with one attached hydrogen (secondary N) is 2. The molecule has 0 spiro atoms. The molecule has 0 bridgehead atoms. The Bertz CT molecular complexity index is 818. The van der Waals surface area contributed by atoms with Crippen molar-refractivity contribution < 1.29 is 8.42 Å². The van der Waals surface area contributed by atoms with Crippen molar-refractivity contribution in [2.75, 3.05) is 0 Å². The van der Waals surface area contributed by atoms with E-state index in [0.717, 1.165) is 24.2 Å². The van der Waals surface area contributed by atoms with Crippen LogP contribution in [0.3, 0.4) is 0 Å². The predicted octanol–water partition coefficient (Wildman–Crippen LogP) is 4.10. The van der Waals surface area contributed by atoms with Crippen molar-refractivity contribution in [2.24, 2.45) is 0 Å². The molecule has 27 heavy (non-hydrogen) atoms. The van der Waals surface area contributed by atoms with Crippen molar-refractivity contribution in [1.29, 1.82) is 0 Å². The van der Waals surface area contributed by atoms with Crippen LogP contribution < -0.4 is 10.0 Å². The van der Waals surface area contributed by atoms with E-state index in [2.05, 4.69) is 55.1 Å². The highest BCUT2D eigenvalue weighted by atomic mass is 32.2. The third-order valence-electron chi connectivity index (χ3n) is 4.27. The minimum atomic E-state index is -3.28. The Morgan fingerprint density at radius 1 is 0.815 bits per heavy atom. The largest absolute Gasteiger partial charge is 0.309 e. The molecule has 0 aliphatic carbocycles. The quantitative estimate of drug-likeness (QED) is 0.716. The second-order valence-corrected chi connectivity index (χ2v) is 10.2. The van der Waals surface area contributed by atoms with Crippen LogP contribution in [0.2, 0.25) is 0 Å². The lowest BCUT2D eigenvalue weighted by molar-refractivity contribution is 0.569. The van der Waals surface area contributed by atoms with E-state index >= 15 is 0 Å². The summed E-state index contributed by atoms with van der Waals surface area (Å²) in [6.07, 6.45) is 0. The van der Waals surface area contributed by atoms with Crippen LogP contribution in [0.1, 0.15) is 56.9 Å². The third-order valence-corrected chi connectivity index (χ3v) is 5.82. The van der Waals surface area contributed by atoms with E-state index in [1.807, 2.05) is 38.1 Å². The fraction of sp³-hybridized carbons (Fsp3) is 0.455. The zero-order valence-corrected chi connectivity index (χ0v) is 17.9. The first-order valence-electron chi connectivity index (χ1n) is 9.43. The Balaban J connectivity index is 1.85. The van der Waals surface area contributed by atoms with Crippen molar-refractivity contribution in [3.63, 3.8) is 0 Å². The molecule has 2 aromatic carbocycles. The van der Waals surface area contributed by atoms with Crippen LogP contribution in [-0.2, 0) is 34.3 Å². The molecule has 4 nitrogen and oxygen atoms in total. The summed E-state index contributed by atoms with van der Waals surface area (Å²) in [5, 5.41) is 3.44. The highest BCUT2D eigenvalue weighted by molar-refractivity contribution is 7.88. The van der Waals surface area contributed by atoms with Crippen molar-refractivity contribution in [1.82, 2.24) is 10.0 Å². The number of sulfonamides is 1. The molecule has 0 radical (unpaired) electrons. The van der Waals surface area contributed by atoms with Gasteiger partial charge in [0.2, 0.25) is 10.0 Å². The minimum Gasteiger partial charge on any atom is -0.309 e. The molecule has 0 unspecified atom stereocenters. The molecule has 0 heterocycles. The summed E-state index contributed by atoms with van der Waals surface area (Å²) >= 11 is 0.